The zero-order valence-electron chi connectivity index (χ0n) is 10.7. The number of carbonyl (C=O) groups is 1. The third-order valence-electron chi connectivity index (χ3n) is 2.88. The van der Waals surface area contributed by atoms with E-state index in [9.17, 15) is 4.79 Å². The highest BCUT2D eigenvalue weighted by atomic mass is 16.2. The van der Waals surface area contributed by atoms with E-state index >= 15 is 0 Å². The van der Waals surface area contributed by atoms with E-state index in [2.05, 4.69) is 6.92 Å². The molecule has 90 valence electrons. The molecule has 0 saturated heterocycles. The number of amides is 1. The maximum atomic E-state index is 10.9. The van der Waals surface area contributed by atoms with Crippen molar-refractivity contribution in [2.45, 2.75) is 65.2 Å². The van der Waals surface area contributed by atoms with E-state index in [0.29, 0.717) is 0 Å². The molecular weight excluding hydrogens is 186 g/mol. The summed E-state index contributed by atoms with van der Waals surface area (Å²) in [5.74, 6) is 0.179. The second-order valence-corrected chi connectivity index (χ2v) is 4.42. The van der Waals surface area contributed by atoms with Crippen LogP contribution >= 0.6 is 0 Å². The molecule has 0 rings (SSSR count). The Hall–Kier alpha value is -0.530. The number of nitrogens with zero attached hydrogens (tertiary/aromatic N) is 1. The predicted octanol–water partition coefficient (Wildman–Crippen LogP) is 3.61. The van der Waals surface area contributed by atoms with Gasteiger partial charge in [0.2, 0.25) is 5.91 Å². The Bertz CT molecular complexity index is 157. The third kappa shape index (κ3) is 9.77. The Morgan fingerprint density at radius 3 is 1.87 bits per heavy atom. The fourth-order valence-electron chi connectivity index (χ4n) is 1.64. The summed E-state index contributed by atoms with van der Waals surface area (Å²) < 4.78 is 0. The number of hydrogen-bond acceptors (Lipinski definition) is 1. The fraction of sp³-hybridized carbons (Fsp3) is 0.923. The van der Waals surface area contributed by atoms with Crippen LogP contribution in [0.2, 0.25) is 0 Å². The van der Waals surface area contributed by atoms with Gasteiger partial charge < -0.3 is 4.90 Å². The molecule has 0 aliphatic rings. The maximum Gasteiger partial charge on any atom is 0.219 e. The summed E-state index contributed by atoms with van der Waals surface area (Å²) in [5, 5.41) is 0. The molecular formula is C13H27NO. The lowest BCUT2D eigenvalue weighted by Crippen LogP contribution is -2.24. The van der Waals surface area contributed by atoms with Crippen LogP contribution in [-0.2, 0) is 4.79 Å². The van der Waals surface area contributed by atoms with E-state index in [-0.39, 0.29) is 5.91 Å². The highest BCUT2D eigenvalue weighted by Gasteiger charge is 2.00. The molecule has 15 heavy (non-hydrogen) atoms. The van der Waals surface area contributed by atoms with Crippen molar-refractivity contribution in [2.24, 2.45) is 0 Å². The van der Waals surface area contributed by atoms with Gasteiger partial charge in [-0.05, 0) is 6.42 Å². The van der Waals surface area contributed by atoms with Crippen molar-refractivity contribution in [1.82, 2.24) is 4.90 Å². The highest BCUT2D eigenvalue weighted by Crippen LogP contribution is 2.08. The van der Waals surface area contributed by atoms with E-state index in [1.54, 1.807) is 11.8 Å². The number of hydrogen-bond donors (Lipinski definition) is 0. The van der Waals surface area contributed by atoms with Crippen molar-refractivity contribution in [3.05, 3.63) is 0 Å². The molecule has 0 unspecified atom stereocenters. The Morgan fingerprint density at radius 1 is 0.933 bits per heavy atom. The van der Waals surface area contributed by atoms with Crippen LogP contribution in [0.15, 0.2) is 0 Å². The minimum Gasteiger partial charge on any atom is -0.346 e. The third-order valence-corrected chi connectivity index (χ3v) is 2.88. The molecule has 0 N–H and O–H groups in total. The molecule has 0 spiro atoms. The van der Waals surface area contributed by atoms with Crippen LogP contribution in [0.4, 0.5) is 0 Å². The summed E-state index contributed by atoms with van der Waals surface area (Å²) in [5.41, 5.74) is 0. The average Bonchev–Trinajstić information content (AvgIpc) is 2.21. The van der Waals surface area contributed by atoms with Crippen LogP contribution in [-0.4, -0.2) is 24.4 Å². The van der Waals surface area contributed by atoms with Gasteiger partial charge in [0.15, 0.2) is 0 Å². The van der Waals surface area contributed by atoms with E-state index in [0.717, 1.165) is 13.0 Å². The Labute approximate surface area is 95.0 Å². The largest absolute Gasteiger partial charge is 0.346 e. The normalized spacial score (nSPS) is 10.3. The molecule has 0 aromatic carbocycles. The van der Waals surface area contributed by atoms with Gasteiger partial charge in [0.1, 0.15) is 0 Å². The second kappa shape index (κ2) is 10.0. The lowest BCUT2D eigenvalue weighted by atomic mass is 10.1. The average molecular weight is 213 g/mol. The molecule has 0 aromatic rings. The SMILES string of the molecule is CCCCCCCCCCN(C)C(C)=O. The summed E-state index contributed by atoms with van der Waals surface area (Å²) in [4.78, 5) is 12.7. The van der Waals surface area contributed by atoms with Crippen molar-refractivity contribution in [3.63, 3.8) is 0 Å². The maximum absolute atomic E-state index is 10.9. The lowest BCUT2D eigenvalue weighted by Gasteiger charge is -2.13. The van der Waals surface area contributed by atoms with Crippen molar-refractivity contribution in [2.75, 3.05) is 13.6 Å². The topological polar surface area (TPSA) is 20.3 Å². The predicted molar refractivity (Wildman–Crippen MR) is 65.9 cm³/mol. The van der Waals surface area contributed by atoms with Crippen molar-refractivity contribution >= 4 is 5.91 Å². The number of rotatable bonds is 9. The van der Waals surface area contributed by atoms with Crippen LogP contribution in [0.3, 0.4) is 0 Å². The van der Waals surface area contributed by atoms with Crippen LogP contribution < -0.4 is 0 Å². The molecule has 0 heterocycles. The van der Waals surface area contributed by atoms with Gasteiger partial charge in [-0.25, -0.2) is 0 Å². The summed E-state index contributed by atoms with van der Waals surface area (Å²) in [6.07, 6.45) is 10.6. The van der Waals surface area contributed by atoms with Crippen molar-refractivity contribution in [3.8, 4) is 0 Å². The molecule has 0 radical (unpaired) electrons. The zero-order chi connectivity index (χ0) is 11.5. The van der Waals surface area contributed by atoms with Gasteiger partial charge in [0.05, 0.1) is 0 Å². The van der Waals surface area contributed by atoms with Crippen LogP contribution in [0.25, 0.3) is 0 Å². The minimum absolute atomic E-state index is 0.179. The zero-order valence-corrected chi connectivity index (χ0v) is 10.7. The van der Waals surface area contributed by atoms with Crippen molar-refractivity contribution < 1.29 is 4.79 Å². The minimum atomic E-state index is 0.179. The quantitative estimate of drug-likeness (QED) is 0.536. The first kappa shape index (κ1) is 14.5. The lowest BCUT2D eigenvalue weighted by molar-refractivity contribution is -0.127. The monoisotopic (exact) mass is 213 g/mol. The van der Waals surface area contributed by atoms with Gasteiger partial charge in [-0.1, -0.05) is 51.9 Å². The van der Waals surface area contributed by atoms with Gasteiger partial charge in [0.25, 0.3) is 0 Å². The Kier molecular flexibility index (Phi) is 9.65. The molecule has 0 atom stereocenters. The van der Waals surface area contributed by atoms with Gasteiger partial charge in [-0.15, -0.1) is 0 Å². The van der Waals surface area contributed by atoms with E-state index < -0.39 is 0 Å². The first-order valence-corrected chi connectivity index (χ1v) is 6.40. The molecule has 2 nitrogen and oxygen atoms in total. The molecule has 0 fully saturated rings. The molecule has 0 saturated carbocycles. The number of unbranched alkanes of at least 4 members (excludes halogenated alkanes) is 7. The standard InChI is InChI=1S/C13H27NO/c1-4-5-6-7-8-9-10-11-12-14(3)13(2)15/h4-12H2,1-3H3. The van der Waals surface area contributed by atoms with Gasteiger partial charge >= 0.3 is 0 Å². The van der Waals surface area contributed by atoms with Crippen LogP contribution in [0, 0.1) is 0 Å². The summed E-state index contributed by atoms with van der Waals surface area (Å²) in [7, 11) is 1.88. The molecule has 0 aliphatic heterocycles. The van der Waals surface area contributed by atoms with Crippen LogP contribution in [0.1, 0.15) is 65.2 Å². The molecule has 0 bridgehead atoms. The molecule has 0 aromatic heterocycles. The highest BCUT2D eigenvalue weighted by molar-refractivity contribution is 5.72. The van der Waals surface area contributed by atoms with Gasteiger partial charge in [-0.3, -0.25) is 4.79 Å². The van der Waals surface area contributed by atoms with Crippen LogP contribution in [0.5, 0.6) is 0 Å². The smallest absolute Gasteiger partial charge is 0.219 e. The second-order valence-electron chi connectivity index (χ2n) is 4.42. The summed E-state index contributed by atoms with van der Waals surface area (Å²) >= 11 is 0. The number of carbonyl (C=O) groups excluding carboxylic acids is 1. The van der Waals surface area contributed by atoms with E-state index in [1.165, 1.54) is 44.9 Å². The first-order valence-electron chi connectivity index (χ1n) is 6.40. The Balaban J connectivity index is 3.08. The van der Waals surface area contributed by atoms with E-state index in [4.69, 9.17) is 0 Å². The molecule has 1 amide bonds. The van der Waals surface area contributed by atoms with Gasteiger partial charge in [0, 0.05) is 20.5 Å². The van der Waals surface area contributed by atoms with Gasteiger partial charge in [-0.2, -0.15) is 0 Å². The summed E-state index contributed by atoms with van der Waals surface area (Å²) in [6, 6.07) is 0. The van der Waals surface area contributed by atoms with E-state index in [1.807, 2.05) is 7.05 Å². The summed E-state index contributed by atoms with van der Waals surface area (Å²) in [6.45, 7) is 4.80. The first-order chi connectivity index (χ1) is 7.18. The fourth-order valence-corrected chi connectivity index (χ4v) is 1.64. The molecule has 0 aliphatic carbocycles. The molecule has 2 heteroatoms. The van der Waals surface area contributed by atoms with Crippen molar-refractivity contribution in [1.29, 1.82) is 0 Å². The Morgan fingerprint density at radius 2 is 1.40 bits per heavy atom.